The normalized spacial score (nSPS) is 13.0. The lowest BCUT2D eigenvalue weighted by atomic mass is 10.0. The molecular formula is C66H108O6. The summed E-state index contributed by atoms with van der Waals surface area (Å²) in [4.78, 5) is 38.2. The first kappa shape index (κ1) is 67.8. The van der Waals surface area contributed by atoms with Crippen LogP contribution in [0.3, 0.4) is 0 Å². The van der Waals surface area contributed by atoms with Crippen molar-refractivity contribution in [3.05, 3.63) is 122 Å². The van der Waals surface area contributed by atoms with Gasteiger partial charge in [0.25, 0.3) is 0 Å². The van der Waals surface area contributed by atoms with Crippen molar-refractivity contribution in [1.29, 1.82) is 0 Å². The van der Waals surface area contributed by atoms with Gasteiger partial charge < -0.3 is 14.2 Å². The molecule has 0 N–H and O–H groups in total. The van der Waals surface area contributed by atoms with Crippen LogP contribution in [-0.4, -0.2) is 37.2 Å². The van der Waals surface area contributed by atoms with Crippen LogP contribution < -0.4 is 0 Å². The largest absolute Gasteiger partial charge is 0.462 e. The number of unbranched alkanes of at least 4 members (excludes halogenated alkanes) is 21. The molecule has 0 aliphatic carbocycles. The molecule has 0 fully saturated rings. The van der Waals surface area contributed by atoms with E-state index in [9.17, 15) is 14.4 Å². The third-order valence-electron chi connectivity index (χ3n) is 12.2. The Morgan fingerprint density at radius 1 is 0.292 bits per heavy atom. The zero-order chi connectivity index (χ0) is 52.2. The predicted octanol–water partition coefficient (Wildman–Crippen LogP) is 20.0. The standard InChI is InChI=1S/C66H108O6/c1-4-7-10-13-16-19-22-25-27-29-31-32-33-34-36-37-39-41-44-47-50-53-56-59-65(68)71-62-63(61-70-64(67)58-55-52-49-46-43-24-21-18-15-12-9-6-3)72-66(69)60-57-54-51-48-45-42-40-38-35-30-28-26-23-20-17-14-11-8-5-2/h7-8,10-11,16-17,19-20,25-28,31-32,34-36,38-39,41,63H,4-6,9,12-15,18,21-24,29-30,33,37,40,42-62H2,1-3H3/b10-7-,11-8-,19-16-,20-17-,27-25-,28-26-,32-31-,36-34-,38-35-,41-39-. The zero-order valence-electron chi connectivity index (χ0n) is 46.7. The minimum atomic E-state index is -0.799. The van der Waals surface area contributed by atoms with E-state index in [0.29, 0.717) is 19.3 Å². The van der Waals surface area contributed by atoms with Crippen LogP contribution in [0.4, 0.5) is 0 Å². The Morgan fingerprint density at radius 2 is 0.542 bits per heavy atom. The van der Waals surface area contributed by atoms with Crippen molar-refractivity contribution < 1.29 is 28.6 Å². The Balaban J connectivity index is 4.44. The van der Waals surface area contributed by atoms with Gasteiger partial charge in [0.15, 0.2) is 6.10 Å². The molecule has 1 atom stereocenters. The van der Waals surface area contributed by atoms with E-state index in [4.69, 9.17) is 14.2 Å². The van der Waals surface area contributed by atoms with Crippen LogP contribution in [0.5, 0.6) is 0 Å². The molecule has 0 bridgehead atoms. The average molecular weight is 998 g/mol. The molecule has 0 rings (SSSR count). The molecule has 0 aromatic carbocycles. The first-order chi connectivity index (χ1) is 35.5. The number of carbonyl (C=O) groups excluding carboxylic acids is 3. The SMILES string of the molecule is CC/C=C\C/C=C\C/C=C\C/C=C\C/C=C\C/C=C\CCCCCCC(=O)OCC(COC(=O)CCCCCCCCCCCCCC)OC(=O)CCCCCCCC/C=C\C/C=C\C/C=C\C/C=C\CC. The second kappa shape index (κ2) is 59.4. The van der Waals surface area contributed by atoms with Gasteiger partial charge in [0.05, 0.1) is 0 Å². The fourth-order valence-electron chi connectivity index (χ4n) is 7.85. The number of esters is 3. The maximum absolute atomic E-state index is 12.9. The van der Waals surface area contributed by atoms with Crippen LogP contribution in [0.25, 0.3) is 0 Å². The van der Waals surface area contributed by atoms with Crippen LogP contribution in [0.1, 0.15) is 258 Å². The van der Waals surface area contributed by atoms with Crippen molar-refractivity contribution in [3.63, 3.8) is 0 Å². The summed E-state index contributed by atoms with van der Waals surface area (Å²) in [6, 6.07) is 0. The summed E-state index contributed by atoms with van der Waals surface area (Å²) in [7, 11) is 0. The van der Waals surface area contributed by atoms with Gasteiger partial charge >= 0.3 is 17.9 Å². The summed E-state index contributed by atoms with van der Waals surface area (Å²) >= 11 is 0. The molecule has 0 heterocycles. The third kappa shape index (κ3) is 56.7. The fourth-order valence-corrected chi connectivity index (χ4v) is 7.85. The van der Waals surface area contributed by atoms with Crippen molar-refractivity contribution >= 4 is 17.9 Å². The molecule has 72 heavy (non-hydrogen) atoms. The van der Waals surface area contributed by atoms with Crippen molar-refractivity contribution in [3.8, 4) is 0 Å². The van der Waals surface area contributed by atoms with Crippen LogP contribution in [0, 0.1) is 0 Å². The average Bonchev–Trinajstić information content (AvgIpc) is 3.38. The maximum atomic E-state index is 12.9. The monoisotopic (exact) mass is 997 g/mol. The number of ether oxygens (including phenoxy) is 3. The molecule has 408 valence electrons. The van der Waals surface area contributed by atoms with Crippen LogP contribution >= 0.6 is 0 Å². The van der Waals surface area contributed by atoms with Gasteiger partial charge in [0.2, 0.25) is 0 Å². The van der Waals surface area contributed by atoms with Gasteiger partial charge in [-0.15, -0.1) is 0 Å². The van der Waals surface area contributed by atoms with Gasteiger partial charge in [-0.25, -0.2) is 0 Å². The van der Waals surface area contributed by atoms with Gasteiger partial charge in [0, 0.05) is 19.3 Å². The maximum Gasteiger partial charge on any atom is 0.306 e. The highest BCUT2D eigenvalue weighted by Gasteiger charge is 2.19. The highest BCUT2D eigenvalue weighted by atomic mass is 16.6. The van der Waals surface area contributed by atoms with Crippen molar-refractivity contribution in [2.45, 2.75) is 264 Å². The van der Waals surface area contributed by atoms with E-state index in [-0.39, 0.29) is 31.1 Å². The molecule has 0 aliphatic heterocycles. The van der Waals surface area contributed by atoms with E-state index < -0.39 is 6.10 Å². The topological polar surface area (TPSA) is 78.9 Å². The first-order valence-electron chi connectivity index (χ1n) is 29.5. The minimum Gasteiger partial charge on any atom is -0.462 e. The summed E-state index contributed by atoms with van der Waals surface area (Å²) < 4.78 is 16.8. The van der Waals surface area contributed by atoms with Crippen LogP contribution in [0.2, 0.25) is 0 Å². The highest BCUT2D eigenvalue weighted by molar-refractivity contribution is 5.71. The smallest absolute Gasteiger partial charge is 0.306 e. The van der Waals surface area contributed by atoms with E-state index in [2.05, 4.69) is 142 Å². The molecule has 0 saturated heterocycles. The number of carbonyl (C=O) groups is 3. The summed E-state index contributed by atoms with van der Waals surface area (Å²) in [5.41, 5.74) is 0. The fraction of sp³-hybridized carbons (Fsp3) is 0.652. The third-order valence-corrected chi connectivity index (χ3v) is 12.2. The molecular weight excluding hydrogens is 889 g/mol. The van der Waals surface area contributed by atoms with Gasteiger partial charge in [-0.1, -0.05) is 251 Å². The first-order valence-corrected chi connectivity index (χ1v) is 29.5. The van der Waals surface area contributed by atoms with E-state index in [1.54, 1.807) is 0 Å². The summed E-state index contributed by atoms with van der Waals surface area (Å²) in [5, 5.41) is 0. The van der Waals surface area contributed by atoms with E-state index in [1.165, 1.54) is 70.6 Å². The molecule has 0 aliphatic rings. The molecule has 6 heteroatoms. The Bertz CT molecular complexity index is 1520. The van der Waals surface area contributed by atoms with Crippen molar-refractivity contribution in [1.82, 2.24) is 0 Å². The minimum absolute atomic E-state index is 0.0933. The second-order valence-electron chi connectivity index (χ2n) is 19.1. The predicted molar refractivity (Wildman–Crippen MR) is 311 cm³/mol. The Morgan fingerprint density at radius 3 is 0.847 bits per heavy atom. The van der Waals surface area contributed by atoms with Gasteiger partial charge in [-0.2, -0.15) is 0 Å². The highest BCUT2D eigenvalue weighted by Crippen LogP contribution is 2.15. The lowest BCUT2D eigenvalue weighted by Gasteiger charge is -2.18. The lowest BCUT2D eigenvalue weighted by Crippen LogP contribution is -2.30. The van der Waals surface area contributed by atoms with Crippen molar-refractivity contribution in [2.24, 2.45) is 0 Å². The second-order valence-corrected chi connectivity index (χ2v) is 19.1. The van der Waals surface area contributed by atoms with Gasteiger partial charge in [0.1, 0.15) is 13.2 Å². The molecule has 0 saturated carbocycles. The number of rotatable bonds is 52. The Hall–Kier alpha value is -4.19. The molecule has 6 nitrogen and oxygen atoms in total. The summed E-state index contributed by atoms with van der Waals surface area (Å²) in [6.07, 6.45) is 81.8. The molecule has 0 spiro atoms. The van der Waals surface area contributed by atoms with Gasteiger partial charge in [-0.05, 0) is 109 Å². The summed E-state index contributed by atoms with van der Waals surface area (Å²) in [5.74, 6) is -0.933. The molecule has 0 amide bonds. The quantitative estimate of drug-likeness (QED) is 0.0261. The number of hydrogen-bond acceptors (Lipinski definition) is 6. The van der Waals surface area contributed by atoms with Crippen LogP contribution in [-0.2, 0) is 28.6 Å². The Labute approximate surface area is 443 Å². The molecule has 1 unspecified atom stereocenters. The van der Waals surface area contributed by atoms with Gasteiger partial charge in [-0.3, -0.25) is 14.4 Å². The summed E-state index contributed by atoms with van der Waals surface area (Å²) in [6.45, 7) is 6.38. The molecule has 0 aromatic heterocycles. The Kier molecular flexibility index (Phi) is 55.9. The van der Waals surface area contributed by atoms with E-state index in [0.717, 1.165) is 148 Å². The van der Waals surface area contributed by atoms with E-state index in [1.807, 2.05) is 0 Å². The van der Waals surface area contributed by atoms with Crippen molar-refractivity contribution in [2.75, 3.05) is 13.2 Å². The lowest BCUT2D eigenvalue weighted by molar-refractivity contribution is -0.167. The molecule has 0 aromatic rings. The number of allylic oxidation sites excluding steroid dienone is 20. The molecule has 0 radical (unpaired) electrons. The van der Waals surface area contributed by atoms with E-state index >= 15 is 0 Å². The zero-order valence-corrected chi connectivity index (χ0v) is 46.7. The van der Waals surface area contributed by atoms with Crippen LogP contribution in [0.15, 0.2) is 122 Å². The number of hydrogen-bond donors (Lipinski definition) is 0.